The molecule has 0 bridgehead atoms. The Hall–Kier alpha value is -2.64. The first-order valence-electron chi connectivity index (χ1n) is 8.35. The van der Waals surface area contributed by atoms with Crippen molar-refractivity contribution in [1.82, 2.24) is 0 Å². The van der Waals surface area contributed by atoms with Crippen molar-refractivity contribution in [3.8, 4) is 0 Å². The maximum absolute atomic E-state index is 12.5. The Balaban J connectivity index is 3.69. The fourth-order valence-corrected chi connectivity index (χ4v) is 2.59. The van der Waals surface area contributed by atoms with Crippen LogP contribution in [0.1, 0.15) is 55.6 Å². The van der Waals surface area contributed by atoms with Crippen molar-refractivity contribution in [2.24, 2.45) is 0 Å². The zero-order valence-corrected chi connectivity index (χ0v) is 15.0. The number of amides is 1. The van der Waals surface area contributed by atoms with Gasteiger partial charge in [-0.1, -0.05) is 20.3 Å². The lowest BCUT2D eigenvalue weighted by Gasteiger charge is -2.18. The molecule has 0 aliphatic heterocycles. The van der Waals surface area contributed by atoms with E-state index in [9.17, 15) is 19.7 Å². The second-order valence-corrected chi connectivity index (χ2v) is 5.21. The number of carbonyl (C=O) groups excluding carboxylic acids is 2. The number of carbonyl (C=O) groups is 2. The van der Waals surface area contributed by atoms with Gasteiger partial charge in [0.25, 0.3) is 5.69 Å². The molecule has 138 valence electrons. The molecule has 0 saturated carbocycles. The van der Waals surface area contributed by atoms with E-state index >= 15 is 0 Å². The minimum absolute atomic E-state index is 0.0945. The van der Waals surface area contributed by atoms with E-state index in [1.807, 2.05) is 6.92 Å². The van der Waals surface area contributed by atoms with Crippen molar-refractivity contribution < 1.29 is 24.0 Å². The number of hydrogen-bond donors (Lipinski definition) is 1. The predicted molar refractivity (Wildman–Crippen MR) is 93.1 cm³/mol. The van der Waals surface area contributed by atoms with Gasteiger partial charge in [-0.25, -0.2) is 9.59 Å². The summed E-state index contributed by atoms with van der Waals surface area (Å²) < 4.78 is 9.96. The van der Waals surface area contributed by atoms with E-state index in [0.717, 1.165) is 0 Å². The van der Waals surface area contributed by atoms with Crippen LogP contribution in [-0.2, 0) is 22.3 Å². The first kappa shape index (κ1) is 20.4. The largest absolute Gasteiger partial charge is 0.462 e. The third-order valence-corrected chi connectivity index (χ3v) is 3.54. The molecule has 25 heavy (non-hydrogen) atoms. The van der Waals surface area contributed by atoms with Crippen molar-refractivity contribution >= 4 is 23.4 Å². The second kappa shape index (κ2) is 9.61. The lowest BCUT2D eigenvalue weighted by Crippen LogP contribution is -2.20. The standard InChI is InChI=1S/C17H24N2O6/c1-5-9-11-10-13(19(22)23)12(6-2)15(18-17(21)25-8-4)14(11)16(20)24-7-3/h10H,5-9H2,1-4H3,(H,18,21). The monoisotopic (exact) mass is 352 g/mol. The van der Waals surface area contributed by atoms with Crippen LogP contribution in [0.15, 0.2) is 6.07 Å². The van der Waals surface area contributed by atoms with Crippen molar-refractivity contribution in [2.75, 3.05) is 18.5 Å². The summed E-state index contributed by atoms with van der Waals surface area (Å²) in [6.07, 6.45) is 0.604. The number of nitro benzene ring substituents is 1. The van der Waals surface area contributed by atoms with Gasteiger partial charge >= 0.3 is 12.1 Å². The van der Waals surface area contributed by atoms with Crippen LogP contribution < -0.4 is 5.32 Å². The third kappa shape index (κ3) is 4.91. The molecule has 0 saturated heterocycles. The van der Waals surface area contributed by atoms with E-state index < -0.39 is 17.0 Å². The number of hydrogen-bond acceptors (Lipinski definition) is 6. The molecule has 8 heteroatoms. The van der Waals surface area contributed by atoms with Gasteiger partial charge in [-0.2, -0.15) is 0 Å². The predicted octanol–water partition coefficient (Wildman–Crippen LogP) is 3.85. The highest BCUT2D eigenvalue weighted by Gasteiger charge is 2.28. The van der Waals surface area contributed by atoms with Crippen LogP contribution in [0.4, 0.5) is 16.2 Å². The van der Waals surface area contributed by atoms with Gasteiger partial charge in [0.2, 0.25) is 0 Å². The summed E-state index contributed by atoms with van der Waals surface area (Å²) in [7, 11) is 0. The molecule has 0 aromatic heterocycles. The topological polar surface area (TPSA) is 108 Å². The third-order valence-electron chi connectivity index (χ3n) is 3.54. The molecule has 0 aliphatic rings. The normalized spacial score (nSPS) is 10.2. The van der Waals surface area contributed by atoms with Crippen molar-refractivity contribution in [3.63, 3.8) is 0 Å². The van der Waals surface area contributed by atoms with Gasteiger partial charge in [-0.3, -0.25) is 15.4 Å². The van der Waals surface area contributed by atoms with Gasteiger partial charge in [0.15, 0.2) is 0 Å². The molecular formula is C17H24N2O6. The molecule has 0 unspecified atom stereocenters. The maximum atomic E-state index is 12.5. The lowest BCUT2D eigenvalue weighted by atomic mass is 9.94. The van der Waals surface area contributed by atoms with Crippen LogP contribution in [0.2, 0.25) is 0 Å². The summed E-state index contributed by atoms with van der Waals surface area (Å²) in [6, 6.07) is 1.39. The average Bonchev–Trinajstić information content (AvgIpc) is 2.55. The molecule has 0 atom stereocenters. The van der Waals surface area contributed by atoms with Crippen molar-refractivity contribution in [2.45, 2.75) is 47.0 Å². The minimum atomic E-state index is -0.773. The Labute approximate surface area is 146 Å². The molecule has 0 fully saturated rings. The van der Waals surface area contributed by atoms with Gasteiger partial charge in [-0.05, 0) is 32.3 Å². The molecule has 8 nitrogen and oxygen atoms in total. The van der Waals surface area contributed by atoms with Gasteiger partial charge < -0.3 is 9.47 Å². The number of nitrogens with one attached hydrogen (secondary N) is 1. The molecule has 1 aromatic rings. The first-order valence-corrected chi connectivity index (χ1v) is 8.35. The number of nitro groups is 1. The molecule has 1 N–H and O–H groups in total. The summed E-state index contributed by atoms with van der Waals surface area (Å²) >= 11 is 0. The van der Waals surface area contributed by atoms with E-state index in [4.69, 9.17) is 9.47 Å². The van der Waals surface area contributed by atoms with E-state index in [1.165, 1.54) is 6.07 Å². The van der Waals surface area contributed by atoms with Gasteiger partial charge in [0.05, 0.1) is 35.0 Å². The quantitative estimate of drug-likeness (QED) is 0.432. The SMILES string of the molecule is CCCc1cc([N+](=O)[O-])c(CC)c(NC(=O)OCC)c1C(=O)OCC. The Morgan fingerprint density at radius 1 is 1.16 bits per heavy atom. The van der Waals surface area contributed by atoms with E-state index in [-0.39, 0.29) is 42.1 Å². The van der Waals surface area contributed by atoms with Crippen LogP contribution >= 0.6 is 0 Å². The van der Waals surface area contributed by atoms with Crippen molar-refractivity contribution in [1.29, 1.82) is 0 Å². The highest BCUT2D eigenvalue weighted by atomic mass is 16.6. The summed E-state index contributed by atoms with van der Waals surface area (Å²) in [4.78, 5) is 35.3. The number of nitrogens with zero attached hydrogens (tertiary/aromatic N) is 1. The number of anilines is 1. The molecule has 0 aliphatic carbocycles. The Morgan fingerprint density at radius 3 is 2.28 bits per heavy atom. The zero-order valence-electron chi connectivity index (χ0n) is 15.0. The summed E-state index contributed by atoms with van der Waals surface area (Å²) in [5.74, 6) is -0.623. The number of rotatable bonds is 8. The number of esters is 1. The first-order chi connectivity index (χ1) is 11.9. The molecule has 1 amide bonds. The fourth-order valence-electron chi connectivity index (χ4n) is 2.59. The number of ether oxygens (including phenoxy) is 2. The van der Waals surface area contributed by atoms with E-state index in [1.54, 1.807) is 20.8 Å². The van der Waals surface area contributed by atoms with Crippen LogP contribution in [0.5, 0.6) is 0 Å². The maximum Gasteiger partial charge on any atom is 0.411 e. The van der Waals surface area contributed by atoms with Crippen LogP contribution in [0.3, 0.4) is 0 Å². The van der Waals surface area contributed by atoms with Crippen LogP contribution in [0, 0.1) is 10.1 Å². The zero-order chi connectivity index (χ0) is 19.0. The number of aryl methyl sites for hydroxylation is 1. The van der Waals surface area contributed by atoms with Crippen LogP contribution in [0.25, 0.3) is 0 Å². The number of benzene rings is 1. The Kier molecular flexibility index (Phi) is 7.84. The Bertz CT molecular complexity index is 657. The van der Waals surface area contributed by atoms with E-state index in [2.05, 4.69) is 5.32 Å². The Morgan fingerprint density at radius 2 is 1.80 bits per heavy atom. The highest BCUT2D eigenvalue weighted by molar-refractivity contribution is 6.03. The second-order valence-electron chi connectivity index (χ2n) is 5.21. The van der Waals surface area contributed by atoms with Crippen LogP contribution in [-0.4, -0.2) is 30.2 Å². The summed E-state index contributed by atoms with van der Waals surface area (Å²) in [5.41, 5.74) is 0.847. The lowest BCUT2D eigenvalue weighted by molar-refractivity contribution is -0.385. The summed E-state index contributed by atoms with van der Waals surface area (Å²) in [6.45, 7) is 7.21. The van der Waals surface area contributed by atoms with Gasteiger partial charge in [0, 0.05) is 6.07 Å². The smallest absolute Gasteiger partial charge is 0.411 e. The highest BCUT2D eigenvalue weighted by Crippen LogP contribution is 2.35. The molecule has 0 radical (unpaired) electrons. The van der Waals surface area contributed by atoms with Crippen molar-refractivity contribution in [3.05, 3.63) is 32.9 Å². The van der Waals surface area contributed by atoms with Gasteiger partial charge in [-0.15, -0.1) is 0 Å². The summed E-state index contributed by atoms with van der Waals surface area (Å²) in [5, 5.41) is 14.0. The minimum Gasteiger partial charge on any atom is -0.462 e. The molecule has 0 spiro atoms. The van der Waals surface area contributed by atoms with E-state index in [0.29, 0.717) is 18.4 Å². The molecular weight excluding hydrogens is 328 g/mol. The molecule has 1 rings (SSSR count). The molecule has 1 aromatic carbocycles. The molecule has 0 heterocycles. The fraction of sp³-hybridized carbons (Fsp3) is 0.529. The van der Waals surface area contributed by atoms with Gasteiger partial charge in [0.1, 0.15) is 0 Å². The average molecular weight is 352 g/mol.